The summed E-state index contributed by atoms with van der Waals surface area (Å²) in [6, 6.07) is 2.20. The number of carbonyl (C=O) groups excluding carboxylic acids is 1. The highest BCUT2D eigenvalue weighted by Crippen LogP contribution is 2.34. The fraction of sp³-hybridized carbons (Fsp3) is 0.600. The number of likely N-dealkylation sites (tertiary alicyclic amines) is 1. The molecule has 1 amide bonds. The molecular formula is C20H27F3N2O4S. The Balaban J connectivity index is 0.000000396. The van der Waals surface area contributed by atoms with Crippen molar-refractivity contribution in [2.45, 2.75) is 25.6 Å². The van der Waals surface area contributed by atoms with E-state index < -0.39 is 12.1 Å². The molecule has 3 rings (SSSR count). The molecule has 2 fully saturated rings. The summed E-state index contributed by atoms with van der Waals surface area (Å²) in [7, 11) is 0. The average molecular weight is 449 g/mol. The smallest absolute Gasteiger partial charge is 0.475 e. The maximum atomic E-state index is 12.3. The predicted molar refractivity (Wildman–Crippen MR) is 107 cm³/mol. The van der Waals surface area contributed by atoms with Gasteiger partial charge in [0.25, 0.3) is 0 Å². The van der Waals surface area contributed by atoms with Gasteiger partial charge in [0.15, 0.2) is 0 Å². The largest absolute Gasteiger partial charge is 0.490 e. The summed E-state index contributed by atoms with van der Waals surface area (Å²) in [5.41, 5.74) is 1.38. The van der Waals surface area contributed by atoms with Crippen LogP contribution in [0.15, 0.2) is 29.5 Å². The first-order valence-electron chi connectivity index (χ1n) is 9.72. The molecule has 2 saturated heterocycles. The van der Waals surface area contributed by atoms with Crippen molar-refractivity contribution in [3.05, 3.63) is 35.0 Å². The van der Waals surface area contributed by atoms with Crippen LogP contribution >= 0.6 is 11.3 Å². The molecule has 0 radical (unpaired) electrons. The predicted octanol–water partition coefficient (Wildman–Crippen LogP) is 3.16. The Morgan fingerprint density at radius 2 is 2.10 bits per heavy atom. The first-order chi connectivity index (χ1) is 14.2. The quantitative estimate of drug-likeness (QED) is 0.516. The van der Waals surface area contributed by atoms with Gasteiger partial charge < -0.3 is 15.2 Å². The van der Waals surface area contributed by atoms with Gasteiger partial charge in [0.1, 0.15) is 0 Å². The minimum Gasteiger partial charge on any atom is -0.475 e. The lowest BCUT2D eigenvalue weighted by Crippen LogP contribution is -2.49. The van der Waals surface area contributed by atoms with Crippen molar-refractivity contribution in [1.29, 1.82) is 0 Å². The minimum atomic E-state index is -5.08. The maximum Gasteiger partial charge on any atom is 0.490 e. The summed E-state index contributed by atoms with van der Waals surface area (Å²) in [5, 5.41) is 14.6. The van der Waals surface area contributed by atoms with Crippen molar-refractivity contribution in [2.75, 3.05) is 32.8 Å². The molecule has 6 nitrogen and oxygen atoms in total. The van der Waals surface area contributed by atoms with E-state index in [0.29, 0.717) is 18.4 Å². The first-order valence-corrected chi connectivity index (χ1v) is 10.7. The number of thiophene rings is 1. The summed E-state index contributed by atoms with van der Waals surface area (Å²) < 4.78 is 37.4. The van der Waals surface area contributed by atoms with Gasteiger partial charge in [-0.25, -0.2) is 4.79 Å². The van der Waals surface area contributed by atoms with E-state index in [1.54, 1.807) is 17.4 Å². The van der Waals surface area contributed by atoms with Gasteiger partial charge in [-0.05, 0) is 54.2 Å². The van der Waals surface area contributed by atoms with Crippen LogP contribution in [0.25, 0.3) is 0 Å². The molecule has 0 bridgehead atoms. The van der Waals surface area contributed by atoms with E-state index in [1.165, 1.54) is 5.56 Å². The number of carboxylic acid groups (broad SMARTS) is 1. The molecule has 2 N–H and O–H groups in total. The van der Waals surface area contributed by atoms with E-state index in [-0.39, 0.29) is 11.8 Å². The van der Waals surface area contributed by atoms with Crippen LogP contribution in [-0.2, 0) is 20.9 Å². The zero-order chi connectivity index (χ0) is 22.1. The van der Waals surface area contributed by atoms with Crippen LogP contribution in [-0.4, -0.2) is 60.9 Å². The van der Waals surface area contributed by atoms with Crippen LogP contribution in [0.1, 0.15) is 18.4 Å². The molecule has 1 aromatic rings. The number of halogens is 3. The molecule has 2 aliphatic heterocycles. The summed E-state index contributed by atoms with van der Waals surface area (Å²) in [5.74, 6) is -1.49. The Labute approximate surface area is 177 Å². The number of hydrogen-bond donors (Lipinski definition) is 2. The number of ether oxygens (including phenoxy) is 1. The number of fused-ring (bicyclic) bond motifs is 1. The van der Waals surface area contributed by atoms with Gasteiger partial charge in [0.05, 0.1) is 13.2 Å². The van der Waals surface area contributed by atoms with Crippen LogP contribution in [0.5, 0.6) is 0 Å². The lowest BCUT2D eigenvalue weighted by Gasteiger charge is -2.36. The van der Waals surface area contributed by atoms with Gasteiger partial charge in [-0.1, -0.05) is 6.08 Å². The lowest BCUT2D eigenvalue weighted by molar-refractivity contribution is -0.192. The van der Waals surface area contributed by atoms with Gasteiger partial charge in [0.2, 0.25) is 5.91 Å². The molecule has 30 heavy (non-hydrogen) atoms. The monoisotopic (exact) mass is 448 g/mol. The number of hydrogen-bond acceptors (Lipinski definition) is 5. The molecule has 168 valence electrons. The Morgan fingerprint density at radius 1 is 1.40 bits per heavy atom. The van der Waals surface area contributed by atoms with Crippen LogP contribution in [0.3, 0.4) is 0 Å². The van der Waals surface area contributed by atoms with Crippen LogP contribution in [0, 0.1) is 17.8 Å². The van der Waals surface area contributed by atoms with E-state index >= 15 is 0 Å². The van der Waals surface area contributed by atoms with Gasteiger partial charge in [-0.15, -0.1) is 6.58 Å². The second-order valence-corrected chi connectivity index (χ2v) is 8.17. The Bertz CT molecular complexity index is 697. The van der Waals surface area contributed by atoms with E-state index in [1.807, 2.05) is 0 Å². The molecular weight excluding hydrogens is 421 g/mol. The number of carbonyl (C=O) groups is 2. The Kier molecular flexibility index (Phi) is 9.32. The van der Waals surface area contributed by atoms with Crippen LogP contribution < -0.4 is 5.32 Å². The fourth-order valence-corrected chi connectivity index (χ4v) is 4.53. The molecule has 2 aliphatic rings. The molecule has 0 spiro atoms. The van der Waals surface area contributed by atoms with Gasteiger partial charge in [-0.3, -0.25) is 9.69 Å². The topological polar surface area (TPSA) is 78.9 Å². The van der Waals surface area contributed by atoms with E-state index in [9.17, 15) is 18.0 Å². The minimum absolute atomic E-state index is 0.147. The molecule has 0 unspecified atom stereocenters. The van der Waals surface area contributed by atoms with Crippen molar-refractivity contribution >= 4 is 23.2 Å². The number of alkyl halides is 3. The molecule has 0 saturated carbocycles. The Hall–Kier alpha value is -1.91. The summed E-state index contributed by atoms with van der Waals surface area (Å²) in [4.78, 5) is 23.7. The van der Waals surface area contributed by atoms with Crippen LogP contribution in [0.4, 0.5) is 13.2 Å². The van der Waals surface area contributed by atoms with E-state index in [2.05, 4.69) is 33.6 Å². The molecule has 0 aromatic carbocycles. The third-order valence-electron chi connectivity index (χ3n) is 5.33. The third-order valence-corrected chi connectivity index (χ3v) is 6.06. The maximum absolute atomic E-state index is 12.3. The van der Waals surface area contributed by atoms with Crippen molar-refractivity contribution in [3.8, 4) is 0 Å². The number of nitrogens with zero attached hydrogens (tertiary/aromatic N) is 1. The van der Waals surface area contributed by atoms with Crippen LogP contribution in [0.2, 0.25) is 0 Å². The normalized spacial score (nSPS) is 24.6. The van der Waals surface area contributed by atoms with Gasteiger partial charge in [0, 0.05) is 24.9 Å². The lowest BCUT2D eigenvalue weighted by atomic mass is 9.75. The number of nitrogens with one attached hydrogen (secondary N) is 1. The first kappa shape index (κ1) is 24.4. The zero-order valence-corrected chi connectivity index (χ0v) is 17.4. The average Bonchev–Trinajstić information content (AvgIpc) is 3.09. The highest BCUT2D eigenvalue weighted by atomic mass is 32.1. The van der Waals surface area contributed by atoms with Crippen molar-refractivity contribution in [3.63, 3.8) is 0 Å². The zero-order valence-electron chi connectivity index (χ0n) is 16.6. The second kappa shape index (κ2) is 11.5. The molecule has 0 aliphatic carbocycles. The number of piperidine rings is 1. The molecule has 3 heterocycles. The summed E-state index contributed by atoms with van der Waals surface area (Å²) in [6.45, 7) is 8.84. The highest BCUT2D eigenvalue weighted by Gasteiger charge is 2.40. The number of amides is 1. The van der Waals surface area contributed by atoms with Gasteiger partial charge in [-0.2, -0.15) is 24.5 Å². The SMILES string of the molecule is C=CCOC[C@H]1CNC(=O)[C@@H]2CCN(Cc3ccsc3)CC[C@H]12.O=C(O)C(F)(F)F. The number of carboxylic acids is 1. The van der Waals surface area contributed by atoms with E-state index in [4.69, 9.17) is 14.6 Å². The van der Waals surface area contributed by atoms with Crippen molar-refractivity contribution < 1.29 is 32.6 Å². The summed E-state index contributed by atoms with van der Waals surface area (Å²) >= 11 is 1.75. The molecule has 10 heteroatoms. The summed E-state index contributed by atoms with van der Waals surface area (Å²) in [6.07, 6.45) is -1.25. The highest BCUT2D eigenvalue weighted by molar-refractivity contribution is 7.07. The number of aliphatic carboxylic acids is 1. The second-order valence-electron chi connectivity index (χ2n) is 7.39. The molecule has 3 atom stereocenters. The third kappa shape index (κ3) is 7.41. The van der Waals surface area contributed by atoms with Crippen molar-refractivity contribution in [2.24, 2.45) is 17.8 Å². The van der Waals surface area contributed by atoms with Gasteiger partial charge >= 0.3 is 12.1 Å². The Morgan fingerprint density at radius 3 is 2.70 bits per heavy atom. The van der Waals surface area contributed by atoms with E-state index in [0.717, 1.165) is 45.6 Å². The van der Waals surface area contributed by atoms with Crippen molar-refractivity contribution in [1.82, 2.24) is 10.2 Å². The number of rotatable bonds is 6. The fourth-order valence-electron chi connectivity index (χ4n) is 3.87. The standard InChI is InChI=1S/C18H26N2O2S.C2HF3O2/c1-2-8-22-12-15-10-19-18(21)17-4-7-20(6-3-16(15)17)11-14-5-9-23-13-14;3-2(4,5)1(6)7/h2,5,9,13,15-17H,1,3-4,6-8,10-12H2,(H,19,21);(H,6,7)/t15-,16-,17-;/m1./s1. The molecule has 1 aromatic heterocycles.